The molecule has 0 amide bonds. The molecule has 1 nitrogen and oxygen atoms in total. The summed E-state index contributed by atoms with van der Waals surface area (Å²) in [5.41, 5.74) is 2.77. The Morgan fingerprint density at radius 2 is 1.47 bits per heavy atom. The second kappa shape index (κ2) is 8.05. The monoisotopic (exact) mass is 232 g/mol. The van der Waals surface area contributed by atoms with E-state index >= 15 is 0 Å². The summed E-state index contributed by atoms with van der Waals surface area (Å²) in [7, 11) is 0. The minimum absolute atomic E-state index is 0.412. The lowest BCUT2D eigenvalue weighted by atomic mass is 10.0. The minimum atomic E-state index is 0.412. The average molecular weight is 232 g/mol. The normalized spacial score (nSPS) is 10.5. The molecule has 94 valence electrons. The first kappa shape index (κ1) is 14.0. The largest absolute Gasteiger partial charge is 0.300 e. The van der Waals surface area contributed by atoms with Gasteiger partial charge in [-0.3, -0.25) is 4.79 Å². The molecule has 0 saturated carbocycles. The van der Waals surface area contributed by atoms with E-state index in [2.05, 4.69) is 38.1 Å². The predicted octanol–water partition coefficient (Wildman–Crippen LogP) is 4.33. The molecule has 0 spiro atoms. The van der Waals surface area contributed by atoms with Gasteiger partial charge in [-0.25, -0.2) is 0 Å². The number of benzene rings is 1. The summed E-state index contributed by atoms with van der Waals surface area (Å²) in [6, 6.07) is 8.84. The van der Waals surface area contributed by atoms with Crippen molar-refractivity contribution < 1.29 is 4.79 Å². The van der Waals surface area contributed by atoms with Crippen LogP contribution in [0, 0.1) is 0 Å². The smallest absolute Gasteiger partial charge is 0.132 e. The fourth-order valence-corrected chi connectivity index (χ4v) is 2.05. The number of aryl methyl sites for hydroxylation is 2. The topological polar surface area (TPSA) is 17.1 Å². The molecule has 0 saturated heterocycles. The standard InChI is InChI=1S/C16H24O/c1-3-6-14-10-12-15(13-11-14)8-5-9-16(17)7-4-2/h10-13H,3-9H2,1-2H3. The SMILES string of the molecule is CCCC(=O)CCCc1ccc(CCC)cc1. The van der Waals surface area contributed by atoms with Crippen molar-refractivity contribution in [3.63, 3.8) is 0 Å². The van der Waals surface area contributed by atoms with Gasteiger partial charge < -0.3 is 0 Å². The first-order valence-corrected chi connectivity index (χ1v) is 6.85. The maximum Gasteiger partial charge on any atom is 0.132 e. The van der Waals surface area contributed by atoms with Crippen LogP contribution in [0.15, 0.2) is 24.3 Å². The Hall–Kier alpha value is -1.11. The molecule has 0 radical (unpaired) electrons. The van der Waals surface area contributed by atoms with Gasteiger partial charge in [-0.2, -0.15) is 0 Å². The number of rotatable bonds is 8. The molecule has 1 rings (SSSR count). The third-order valence-corrected chi connectivity index (χ3v) is 3.01. The van der Waals surface area contributed by atoms with Gasteiger partial charge in [0, 0.05) is 12.8 Å². The van der Waals surface area contributed by atoms with E-state index in [-0.39, 0.29) is 0 Å². The molecule has 0 aliphatic carbocycles. The fraction of sp³-hybridized carbons (Fsp3) is 0.562. The molecule has 17 heavy (non-hydrogen) atoms. The molecule has 0 aliphatic rings. The molecule has 0 atom stereocenters. The Bertz CT molecular complexity index is 324. The Kier molecular flexibility index (Phi) is 6.61. The van der Waals surface area contributed by atoms with E-state index in [4.69, 9.17) is 0 Å². The van der Waals surface area contributed by atoms with Crippen LogP contribution in [0.2, 0.25) is 0 Å². The highest BCUT2D eigenvalue weighted by Gasteiger charge is 2.00. The highest BCUT2D eigenvalue weighted by atomic mass is 16.1. The van der Waals surface area contributed by atoms with E-state index in [1.54, 1.807) is 0 Å². The number of Topliss-reactive ketones (excluding diaryl/α,β-unsaturated/α-hetero) is 1. The number of carbonyl (C=O) groups is 1. The van der Waals surface area contributed by atoms with E-state index in [0.717, 1.165) is 38.5 Å². The number of hydrogen-bond donors (Lipinski definition) is 0. The molecule has 1 heteroatoms. The van der Waals surface area contributed by atoms with Gasteiger partial charge in [0.15, 0.2) is 0 Å². The van der Waals surface area contributed by atoms with Gasteiger partial charge in [0.2, 0.25) is 0 Å². The second-order valence-electron chi connectivity index (χ2n) is 4.71. The van der Waals surface area contributed by atoms with Crippen molar-refractivity contribution in [3.05, 3.63) is 35.4 Å². The predicted molar refractivity (Wildman–Crippen MR) is 73.3 cm³/mol. The van der Waals surface area contributed by atoms with Crippen molar-refractivity contribution >= 4 is 5.78 Å². The number of hydrogen-bond acceptors (Lipinski definition) is 1. The molecule has 0 aromatic heterocycles. The summed E-state index contributed by atoms with van der Waals surface area (Å²) in [4.78, 5) is 11.4. The number of carbonyl (C=O) groups excluding carboxylic acids is 1. The van der Waals surface area contributed by atoms with Gasteiger partial charge in [0.25, 0.3) is 0 Å². The molecule has 0 bridgehead atoms. The Balaban J connectivity index is 2.29. The van der Waals surface area contributed by atoms with Crippen LogP contribution in [-0.4, -0.2) is 5.78 Å². The quantitative estimate of drug-likeness (QED) is 0.652. The van der Waals surface area contributed by atoms with Crippen LogP contribution in [0.25, 0.3) is 0 Å². The molecule has 0 aliphatic heterocycles. The van der Waals surface area contributed by atoms with Crippen LogP contribution in [0.4, 0.5) is 0 Å². The molecule has 1 aromatic rings. The van der Waals surface area contributed by atoms with Gasteiger partial charge in [-0.15, -0.1) is 0 Å². The van der Waals surface area contributed by atoms with Crippen LogP contribution in [0.3, 0.4) is 0 Å². The third-order valence-electron chi connectivity index (χ3n) is 3.01. The number of ketones is 1. The van der Waals surface area contributed by atoms with Gasteiger partial charge in [-0.1, -0.05) is 44.5 Å². The maximum absolute atomic E-state index is 11.4. The van der Waals surface area contributed by atoms with Crippen LogP contribution < -0.4 is 0 Å². The third kappa shape index (κ3) is 5.67. The van der Waals surface area contributed by atoms with Crippen molar-refractivity contribution in [2.24, 2.45) is 0 Å². The lowest BCUT2D eigenvalue weighted by Gasteiger charge is -2.03. The Labute approximate surface area is 105 Å². The average Bonchev–Trinajstić information content (AvgIpc) is 2.32. The van der Waals surface area contributed by atoms with Crippen molar-refractivity contribution in [3.8, 4) is 0 Å². The van der Waals surface area contributed by atoms with Crippen molar-refractivity contribution in [2.45, 2.75) is 58.8 Å². The van der Waals surface area contributed by atoms with E-state index in [9.17, 15) is 4.79 Å². The zero-order chi connectivity index (χ0) is 12.5. The summed E-state index contributed by atoms with van der Waals surface area (Å²) >= 11 is 0. The molecule has 0 unspecified atom stereocenters. The second-order valence-corrected chi connectivity index (χ2v) is 4.71. The zero-order valence-corrected chi connectivity index (χ0v) is 11.2. The summed E-state index contributed by atoms with van der Waals surface area (Å²) in [6.07, 6.45) is 6.85. The lowest BCUT2D eigenvalue weighted by molar-refractivity contribution is -0.119. The van der Waals surface area contributed by atoms with Crippen LogP contribution in [0.1, 0.15) is 57.1 Å². The van der Waals surface area contributed by atoms with Crippen LogP contribution in [-0.2, 0) is 17.6 Å². The van der Waals surface area contributed by atoms with Gasteiger partial charge in [0.1, 0.15) is 5.78 Å². The van der Waals surface area contributed by atoms with Gasteiger partial charge in [0.05, 0.1) is 0 Å². The Morgan fingerprint density at radius 1 is 0.882 bits per heavy atom. The minimum Gasteiger partial charge on any atom is -0.300 e. The summed E-state index contributed by atoms with van der Waals surface area (Å²) in [6.45, 7) is 4.26. The first-order chi connectivity index (χ1) is 8.26. The highest BCUT2D eigenvalue weighted by molar-refractivity contribution is 5.78. The molecule has 0 heterocycles. The first-order valence-electron chi connectivity index (χ1n) is 6.85. The van der Waals surface area contributed by atoms with Crippen molar-refractivity contribution in [1.82, 2.24) is 0 Å². The fourth-order valence-electron chi connectivity index (χ4n) is 2.05. The van der Waals surface area contributed by atoms with Gasteiger partial charge >= 0.3 is 0 Å². The molecule has 0 fully saturated rings. The molecule has 1 aromatic carbocycles. The maximum atomic E-state index is 11.4. The molecule has 0 N–H and O–H groups in total. The van der Waals surface area contributed by atoms with E-state index in [0.29, 0.717) is 5.78 Å². The highest BCUT2D eigenvalue weighted by Crippen LogP contribution is 2.10. The lowest BCUT2D eigenvalue weighted by Crippen LogP contribution is -1.98. The van der Waals surface area contributed by atoms with Gasteiger partial charge in [-0.05, 0) is 36.8 Å². The van der Waals surface area contributed by atoms with E-state index < -0.39 is 0 Å². The molecular weight excluding hydrogens is 208 g/mol. The Morgan fingerprint density at radius 3 is 2.00 bits per heavy atom. The molecular formula is C16H24O. The zero-order valence-electron chi connectivity index (χ0n) is 11.2. The van der Waals surface area contributed by atoms with Crippen LogP contribution in [0.5, 0.6) is 0 Å². The van der Waals surface area contributed by atoms with Crippen LogP contribution >= 0.6 is 0 Å². The van der Waals surface area contributed by atoms with Crippen molar-refractivity contribution in [2.75, 3.05) is 0 Å². The summed E-state index contributed by atoms with van der Waals surface area (Å²) in [5, 5.41) is 0. The van der Waals surface area contributed by atoms with E-state index in [1.165, 1.54) is 17.5 Å². The van der Waals surface area contributed by atoms with E-state index in [1.807, 2.05) is 0 Å². The van der Waals surface area contributed by atoms with Crippen molar-refractivity contribution in [1.29, 1.82) is 0 Å². The summed E-state index contributed by atoms with van der Waals surface area (Å²) < 4.78 is 0. The summed E-state index contributed by atoms with van der Waals surface area (Å²) in [5.74, 6) is 0.412.